The van der Waals surface area contributed by atoms with E-state index in [4.69, 9.17) is 9.72 Å². The van der Waals surface area contributed by atoms with Gasteiger partial charge in [0.05, 0.1) is 23.4 Å². The highest BCUT2D eigenvalue weighted by Crippen LogP contribution is 2.31. The average Bonchev–Trinajstić information content (AvgIpc) is 3.24. The summed E-state index contributed by atoms with van der Waals surface area (Å²) in [5.74, 6) is 0.925. The van der Waals surface area contributed by atoms with E-state index in [-0.39, 0.29) is 5.91 Å². The zero-order valence-electron chi connectivity index (χ0n) is 18.9. The molecule has 4 rings (SSSR count). The summed E-state index contributed by atoms with van der Waals surface area (Å²) < 4.78 is 6.59. The number of morpholine rings is 1. The first-order valence-corrected chi connectivity index (χ1v) is 13.1. The number of hydrogen-bond acceptors (Lipinski definition) is 6. The van der Waals surface area contributed by atoms with Crippen molar-refractivity contribution in [3.05, 3.63) is 53.6 Å². The Morgan fingerprint density at radius 3 is 2.69 bits per heavy atom. The van der Waals surface area contributed by atoms with E-state index in [1.54, 1.807) is 23.1 Å². The third kappa shape index (κ3) is 6.10. The van der Waals surface area contributed by atoms with Crippen LogP contribution in [-0.4, -0.2) is 60.9 Å². The maximum absolute atomic E-state index is 13.3. The largest absolute Gasteiger partial charge is 0.379 e. The number of aromatic nitrogens is 1. The second-order valence-corrected chi connectivity index (χ2v) is 10.4. The third-order valence-electron chi connectivity index (χ3n) is 5.71. The first kappa shape index (κ1) is 23.2. The summed E-state index contributed by atoms with van der Waals surface area (Å²) in [6.45, 7) is 9.40. The minimum absolute atomic E-state index is 0.156. The van der Waals surface area contributed by atoms with Crippen LogP contribution in [0.15, 0.2) is 47.4 Å². The molecule has 0 unspecified atom stereocenters. The normalized spacial score (nSPS) is 14.7. The predicted octanol–water partition coefficient (Wildman–Crippen LogP) is 5.15. The van der Waals surface area contributed by atoms with Crippen LogP contribution in [0, 0.1) is 13.8 Å². The smallest absolute Gasteiger partial charge is 0.229 e. The van der Waals surface area contributed by atoms with Gasteiger partial charge in [0.1, 0.15) is 0 Å². The van der Waals surface area contributed by atoms with E-state index in [9.17, 15) is 4.79 Å². The van der Waals surface area contributed by atoms with Gasteiger partial charge in [-0.15, -0.1) is 11.8 Å². The summed E-state index contributed by atoms with van der Waals surface area (Å²) in [5.41, 5.74) is 3.41. The van der Waals surface area contributed by atoms with Crippen molar-refractivity contribution in [2.24, 2.45) is 0 Å². The van der Waals surface area contributed by atoms with Gasteiger partial charge in [-0.05, 0) is 44.0 Å². The minimum Gasteiger partial charge on any atom is -0.379 e. The summed E-state index contributed by atoms with van der Waals surface area (Å²) in [6.07, 6.45) is 1.44. The average molecular weight is 470 g/mol. The molecule has 170 valence electrons. The summed E-state index contributed by atoms with van der Waals surface area (Å²) >= 11 is 3.36. The molecule has 7 heteroatoms. The lowest BCUT2D eigenvalue weighted by atomic mass is 10.2. The number of hydrogen-bond donors (Lipinski definition) is 0. The molecule has 0 bridgehead atoms. The Labute approximate surface area is 198 Å². The van der Waals surface area contributed by atoms with Crippen LogP contribution in [0.5, 0.6) is 0 Å². The second-order valence-electron chi connectivity index (χ2n) is 8.18. The van der Waals surface area contributed by atoms with Crippen LogP contribution in [0.3, 0.4) is 0 Å². The number of amides is 1. The van der Waals surface area contributed by atoms with Crippen LogP contribution in [0.1, 0.15) is 24.0 Å². The molecule has 3 aromatic rings. The number of aryl methyl sites for hydroxylation is 2. The molecule has 1 aliphatic rings. The lowest BCUT2D eigenvalue weighted by molar-refractivity contribution is -0.118. The lowest BCUT2D eigenvalue weighted by Crippen LogP contribution is -2.39. The molecule has 0 aliphatic carbocycles. The van der Waals surface area contributed by atoms with Gasteiger partial charge < -0.3 is 4.74 Å². The number of para-hydroxylation sites is 1. The predicted molar refractivity (Wildman–Crippen MR) is 135 cm³/mol. The molecule has 1 saturated heterocycles. The Morgan fingerprint density at radius 2 is 1.94 bits per heavy atom. The standard InChI is InChI=1S/C25H31N3O2S2/c1-19-7-9-21(10-8-19)31-18-11-23(29)28(13-4-12-27-14-16-30-17-15-27)25-26-24-20(2)5-3-6-22(24)32-25/h3,5-10H,4,11-18H2,1-2H3. The van der Waals surface area contributed by atoms with Crippen molar-refractivity contribution in [3.8, 4) is 0 Å². The molecule has 0 spiro atoms. The maximum atomic E-state index is 13.3. The first-order valence-electron chi connectivity index (χ1n) is 11.3. The van der Waals surface area contributed by atoms with Gasteiger partial charge in [-0.25, -0.2) is 4.98 Å². The monoisotopic (exact) mass is 469 g/mol. The SMILES string of the molecule is Cc1ccc(SCCC(=O)N(CCCN2CCOCC2)c2nc3c(C)cccc3s2)cc1. The van der Waals surface area contributed by atoms with Crippen molar-refractivity contribution in [1.82, 2.24) is 9.88 Å². The molecule has 0 N–H and O–H groups in total. The van der Waals surface area contributed by atoms with Gasteiger partial charge in [0, 0.05) is 43.2 Å². The molecule has 1 fully saturated rings. The van der Waals surface area contributed by atoms with E-state index in [1.165, 1.54) is 10.5 Å². The number of anilines is 1. The fraction of sp³-hybridized carbons (Fsp3) is 0.440. The third-order valence-corrected chi connectivity index (χ3v) is 7.76. The molecular formula is C25H31N3O2S2. The molecule has 0 saturated carbocycles. The number of ether oxygens (including phenoxy) is 1. The fourth-order valence-corrected chi connectivity index (χ4v) is 5.75. The zero-order valence-corrected chi connectivity index (χ0v) is 20.5. The Hall–Kier alpha value is -1.93. The number of fused-ring (bicyclic) bond motifs is 1. The van der Waals surface area contributed by atoms with Crippen LogP contribution in [0.25, 0.3) is 10.2 Å². The van der Waals surface area contributed by atoms with Crippen molar-refractivity contribution < 1.29 is 9.53 Å². The van der Waals surface area contributed by atoms with E-state index in [1.807, 2.05) is 4.90 Å². The molecule has 2 heterocycles. The maximum Gasteiger partial charge on any atom is 0.229 e. The number of rotatable bonds is 9. The molecule has 1 amide bonds. The Morgan fingerprint density at radius 1 is 1.16 bits per heavy atom. The number of carbonyl (C=O) groups is 1. The van der Waals surface area contributed by atoms with Crippen molar-refractivity contribution in [2.45, 2.75) is 31.6 Å². The number of nitrogens with zero attached hydrogens (tertiary/aromatic N) is 3. The Bertz CT molecular complexity index is 1030. The first-order chi connectivity index (χ1) is 15.6. The fourth-order valence-electron chi connectivity index (χ4n) is 3.82. The van der Waals surface area contributed by atoms with E-state index in [0.717, 1.165) is 65.9 Å². The molecule has 0 radical (unpaired) electrons. The van der Waals surface area contributed by atoms with Crippen LogP contribution >= 0.6 is 23.1 Å². The van der Waals surface area contributed by atoms with Crippen molar-refractivity contribution in [3.63, 3.8) is 0 Å². The quantitative estimate of drug-likeness (QED) is 0.406. The van der Waals surface area contributed by atoms with Gasteiger partial charge in [-0.1, -0.05) is 41.2 Å². The highest BCUT2D eigenvalue weighted by molar-refractivity contribution is 7.99. The van der Waals surface area contributed by atoms with Crippen molar-refractivity contribution >= 4 is 44.4 Å². The highest BCUT2D eigenvalue weighted by atomic mass is 32.2. The van der Waals surface area contributed by atoms with E-state index < -0.39 is 0 Å². The van der Waals surface area contributed by atoms with Crippen molar-refractivity contribution in [2.75, 3.05) is 50.0 Å². The molecule has 0 atom stereocenters. The summed E-state index contributed by atoms with van der Waals surface area (Å²) in [7, 11) is 0. The van der Waals surface area contributed by atoms with Gasteiger partial charge in [0.2, 0.25) is 5.91 Å². The van der Waals surface area contributed by atoms with Gasteiger partial charge in [-0.3, -0.25) is 14.6 Å². The van der Waals surface area contributed by atoms with Gasteiger partial charge in [-0.2, -0.15) is 0 Å². The molecule has 5 nitrogen and oxygen atoms in total. The Balaban J connectivity index is 1.42. The second kappa shape index (κ2) is 11.3. The van der Waals surface area contributed by atoms with Crippen molar-refractivity contribution in [1.29, 1.82) is 0 Å². The van der Waals surface area contributed by atoms with Crippen LogP contribution in [-0.2, 0) is 9.53 Å². The van der Waals surface area contributed by atoms with Gasteiger partial charge in [0.25, 0.3) is 0 Å². The van der Waals surface area contributed by atoms with Crippen LogP contribution in [0.2, 0.25) is 0 Å². The van der Waals surface area contributed by atoms with Gasteiger partial charge >= 0.3 is 0 Å². The number of carbonyl (C=O) groups excluding carboxylic acids is 1. The molecular weight excluding hydrogens is 438 g/mol. The van der Waals surface area contributed by atoms with Crippen LogP contribution in [0.4, 0.5) is 5.13 Å². The van der Waals surface area contributed by atoms with Gasteiger partial charge in [0.15, 0.2) is 5.13 Å². The Kier molecular flexibility index (Phi) is 8.19. The number of thiazole rings is 1. The molecule has 2 aromatic carbocycles. The summed E-state index contributed by atoms with van der Waals surface area (Å²) in [5, 5.41) is 0.821. The van der Waals surface area contributed by atoms with E-state index in [2.05, 4.69) is 61.2 Å². The zero-order chi connectivity index (χ0) is 22.3. The molecule has 1 aliphatic heterocycles. The van der Waals surface area contributed by atoms with E-state index >= 15 is 0 Å². The number of thioether (sulfide) groups is 1. The topological polar surface area (TPSA) is 45.7 Å². The lowest BCUT2D eigenvalue weighted by Gasteiger charge is -2.27. The molecule has 32 heavy (non-hydrogen) atoms. The highest BCUT2D eigenvalue weighted by Gasteiger charge is 2.20. The summed E-state index contributed by atoms with van der Waals surface area (Å²) in [4.78, 5) is 23.7. The molecule has 1 aromatic heterocycles. The minimum atomic E-state index is 0.156. The number of benzene rings is 2. The summed E-state index contributed by atoms with van der Waals surface area (Å²) in [6, 6.07) is 14.7. The van der Waals surface area contributed by atoms with E-state index in [0.29, 0.717) is 13.0 Å². The van der Waals surface area contributed by atoms with Crippen LogP contribution < -0.4 is 4.90 Å².